The largest absolute Gasteiger partial charge is 0.394 e. The Balaban J connectivity index is 2.31. The Morgan fingerprint density at radius 1 is 1.00 bits per heavy atom. The zero-order chi connectivity index (χ0) is 21.9. The predicted octanol–water partition coefficient (Wildman–Crippen LogP) is -2.89. The fraction of sp³-hybridized carbons (Fsp3) is 0.944. The van der Waals surface area contributed by atoms with Gasteiger partial charge in [0.05, 0.1) is 25.4 Å². The Labute approximate surface area is 169 Å². The lowest BCUT2D eigenvalue weighted by molar-refractivity contribution is -0.335. The van der Waals surface area contributed by atoms with E-state index in [1.54, 1.807) is 0 Å². The second kappa shape index (κ2) is 10.4. The molecule has 6 N–H and O–H groups in total. The molecule has 0 aliphatic carbocycles. The number of carbonyl (C=O) groups excluding carboxylic acids is 1. The average molecular weight is 423 g/mol. The molecule has 0 aromatic carbocycles. The molecule has 0 aromatic heterocycles. The first-order valence-corrected chi connectivity index (χ1v) is 9.68. The van der Waals surface area contributed by atoms with Gasteiger partial charge in [-0.25, -0.2) is 0 Å². The monoisotopic (exact) mass is 423 g/mol. The molecular weight excluding hydrogens is 390 g/mol. The van der Waals surface area contributed by atoms with Crippen molar-refractivity contribution in [3.8, 4) is 0 Å². The molecule has 10 atom stereocenters. The molecule has 2 saturated heterocycles. The van der Waals surface area contributed by atoms with Crippen molar-refractivity contribution in [3.05, 3.63) is 0 Å². The van der Waals surface area contributed by atoms with Crippen molar-refractivity contribution in [2.75, 3.05) is 20.3 Å². The average Bonchev–Trinajstić information content (AvgIpc) is 2.66. The van der Waals surface area contributed by atoms with E-state index >= 15 is 0 Å². The number of carbonyl (C=O) groups is 1. The van der Waals surface area contributed by atoms with Crippen LogP contribution in [-0.2, 0) is 23.7 Å². The van der Waals surface area contributed by atoms with Gasteiger partial charge in [-0.1, -0.05) is 13.8 Å². The van der Waals surface area contributed by atoms with Gasteiger partial charge >= 0.3 is 0 Å². The fourth-order valence-electron chi connectivity index (χ4n) is 3.86. The predicted molar refractivity (Wildman–Crippen MR) is 97.6 cm³/mol. The minimum Gasteiger partial charge on any atom is -0.394 e. The van der Waals surface area contributed by atoms with Gasteiger partial charge in [0.2, 0.25) is 5.91 Å². The van der Waals surface area contributed by atoms with Gasteiger partial charge in [0.1, 0.15) is 42.7 Å². The van der Waals surface area contributed by atoms with Crippen molar-refractivity contribution in [1.82, 2.24) is 5.32 Å². The molecule has 1 amide bonds. The summed E-state index contributed by atoms with van der Waals surface area (Å²) in [6.07, 6.45) is -10.3. The van der Waals surface area contributed by atoms with Crippen LogP contribution in [0.4, 0.5) is 0 Å². The van der Waals surface area contributed by atoms with Crippen LogP contribution in [0.1, 0.15) is 20.8 Å². The van der Waals surface area contributed by atoms with Gasteiger partial charge in [-0.3, -0.25) is 4.79 Å². The van der Waals surface area contributed by atoms with Crippen LogP contribution in [0, 0.1) is 5.92 Å². The molecule has 2 heterocycles. The van der Waals surface area contributed by atoms with E-state index in [1.165, 1.54) is 14.0 Å². The van der Waals surface area contributed by atoms with Gasteiger partial charge in [-0.2, -0.15) is 0 Å². The van der Waals surface area contributed by atoms with Gasteiger partial charge in [-0.15, -0.1) is 0 Å². The molecule has 170 valence electrons. The second-order valence-electron chi connectivity index (χ2n) is 7.79. The Morgan fingerprint density at radius 2 is 1.55 bits per heavy atom. The first kappa shape index (κ1) is 24.4. The van der Waals surface area contributed by atoms with Crippen molar-refractivity contribution in [1.29, 1.82) is 0 Å². The molecule has 2 aliphatic rings. The molecule has 11 heteroatoms. The molecule has 29 heavy (non-hydrogen) atoms. The molecule has 0 spiro atoms. The van der Waals surface area contributed by atoms with Gasteiger partial charge in [-0.05, 0) is 5.92 Å². The first-order chi connectivity index (χ1) is 13.7. The van der Waals surface area contributed by atoms with E-state index in [2.05, 4.69) is 5.32 Å². The highest BCUT2D eigenvalue weighted by Crippen LogP contribution is 2.32. The lowest BCUT2D eigenvalue weighted by Crippen LogP contribution is -2.68. The number of ether oxygens (including phenoxy) is 4. The number of methoxy groups -OCH3 is 1. The van der Waals surface area contributed by atoms with E-state index in [0.29, 0.717) is 0 Å². The normalized spacial score (nSPS) is 43.4. The quantitative estimate of drug-likeness (QED) is 0.250. The Bertz CT molecular complexity index is 535. The molecule has 0 saturated carbocycles. The van der Waals surface area contributed by atoms with Gasteiger partial charge in [0.25, 0.3) is 0 Å². The third-order valence-corrected chi connectivity index (χ3v) is 5.35. The van der Waals surface area contributed by atoms with Crippen molar-refractivity contribution in [3.63, 3.8) is 0 Å². The molecule has 2 fully saturated rings. The lowest BCUT2D eigenvalue weighted by atomic mass is 9.87. The van der Waals surface area contributed by atoms with Gasteiger partial charge < -0.3 is 49.8 Å². The topological polar surface area (TPSA) is 167 Å². The summed E-state index contributed by atoms with van der Waals surface area (Å²) in [6, 6.07) is -0.804. The number of aliphatic hydroxyl groups excluding tert-OH is 5. The minimum atomic E-state index is -1.43. The molecule has 2 rings (SSSR count). The maximum atomic E-state index is 11.8. The second-order valence-corrected chi connectivity index (χ2v) is 7.79. The zero-order valence-electron chi connectivity index (χ0n) is 17.0. The summed E-state index contributed by atoms with van der Waals surface area (Å²) in [4.78, 5) is 11.8. The molecule has 0 aromatic rings. The number of aliphatic hydroxyl groups is 5. The maximum Gasteiger partial charge on any atom is 0.217 e. The third-order valence-electron chi connectivity index (χ3n) is 5.35. The molecular formula is C18H33NO10. The highest BCUT2D eigenvalue weighted by atomic mass is 16.7. The van der Waals surface area contributed by atoms with E-state index in [4.69, 9.17) is 18.9 Å². The highest BCUT2D eigenvalue weighted by molar-refractivity contribution is 5.73. The highest BCUT2D eigenvalue weighted by Gasteiger charge is 2.51. The van der Waals surface area contributed by atoms with E-state index in [1.807, 2.05) is 13.8 Å². The summed E-state index contributed by atoms with van der Waals surface area (Å²) in [5.74, 6) is -0.480. The number of amides is 1. The van der Waals surface area contributed by atoms with E-state index in [9.17, 15) is 30.3 Å². The van der Waals surface area contributed by atoms with Crippen LogP contribution < -0.4 is 5.32 Å². The van der Waals surface area contributed by atoms with Crippen LogP contribution in [0.3, 0.4) is 0 Å². The van der Waals surface area contributed by atoms with Gasteiger partial charge in [0, 0.05) is 14.0 Å². The van der Waals surface area contributed by atoms with Crippen LogP contribution >= 0.6 is 0 Å². The third kappa shape index (κ3) is 5.24. The summed E-state index contributed by atoms with van der Waals surface area (Å²) < 4.78 is 22.2. The molecule has 0 bridgehead atoms. The zero-order valence-corrected chi connectivity index (χ0v) is 17.0. The van der Waals surface area contributed by atoms with Crippen LogP contribution in [0.5, 0.6) is 0 Å². The van der Waals surface area contributed by atoms with E-state index < -0.39 is 74.4 Å². The summed E-state index contributed by atoms with van der Waals surface area (Å²) >= 11 is 0. The molecule has 4 unspecified atom stereocenters. The van der Waals surface area contributed by atoms with Crippen molar-refractivity contribution >= 4 is 5.91 Å². The summed E-state index contributed by atoms with van der Waals surface area (Å²) in [5, 5.41) is 53.2. The Hall–Kier alpha value is -0.890. The maximum absolute atomic E-state index is 11.8. The number of nitrogens with one attached hydrogen (secondary N) is 1. The van der Waals surface area contributed by atoms with Crippen molar-refractivity contribution in [2.45, 2.75) is 81.9 Å². The Kier molecular flexibility index (Phi) is 8.76. The number of hydrogen-bond acceptors (Lipinski definition) is 10. The fourth-order valence-corrected chi connectivity index (χ4v) is 3.86. The summed E-state index contributed by atoms with van der Waals surface area (Å²) in [7, 11) is 1.29. The molecule has 0 radical (unpaired) electrons. The van der Waals surface area contributed by atoms with Crippen molar-refractivity contribution in [2.24, 2.45) is 5.92 Å². The Morgan fingerprint density at radius 3 is 2.03 bits per heavy atom. The van der Waals surface area contributed by atoms with Crippen LogP contribution in [0.2, 0.25) is 0 Å². The summed E-state index contributed by atoms with van der Waals surface area (Å²) in [5.41, 5.74) is 0. The van der Waals surface area contributed by atoms with Crippen LogP contribution in [0.15, 0.2) is 0 Å². The van der Waals surface area contributed by atoms with Crippen molar-refractivity contribution < 1.29 is 49.3 Å². The minimum absolute atomic E-state index is 0.101. The summed E-state index contributed by atoms with van der Waals surface area (Å²) in [6.45, 7) is 3.99. The molecule has 11 nitrogen and oxygen atoms in total. The standard InChI is InChI=1S/C18H33NO10/c1-7(2)15-11(19-8(3)22)16(12(23)9(5-20)27-15)29-18-14(25)17(26-4)13(24)10(6-21)28-18/h7,9-18,20-21,23-25H,5-6H2,1-4H3,(H,19,22)/t9?,10?,11?,12-,13-,14?,15-,16+,17-,18-/m0/s1. The first-order valence-electron chi connectivity index (χ1n) is 9.68. The number of rotatable bonds is 7. The van der Waals surface area contributed by atoms with Gasteiger partial charge in [0.15, 0.2) is 6.29 Å². The van der Waals surface area contributed by atoms with Crippen LogP contribution in [0.25, 0.3) is 0 Å². The van der Waals surface area contributed by atoms with E-state index in [-0.39, 0.29) is 11.8 Å². The SMILES string of the molecule is CO[C@@H]1C(O)[C@H](O[C@@H]2C(NC(C)=O)[C@H](C(C)C)OC(CO)[C@@H]2O)OC(CO)[C@@H]1O. The number of hydrogen-bond donors (Lipinski definition) is 6. The van der Waals surface area contributed by atoms with Crippen LogP contribution in [-0.4, -0.2) is 113 Å². The smallest absolute Gasteiger partial charge is 0.217 e. The molecule has 2 aliphatic heterocycles. The lowest BCUT2D eigenvalue weighted by Gasteiger charge is -2.49. The van der Waals surface area contributed by atoms with E-state index in [0.717, 1.165) is 0 Å².